The highest BCUT2D eigenvalue weighted by Gasteiger charge is 2.33. The average Bonchev–Trinajstić information content (AvgIpc) is 2.73. The Morgan fingerprint density at radius 1 is 0.606 bits per heavy atom. The third kappa shape index (κ3) is 5.76. The fourth-order valence-electron chi connectivity index (χ4n) is 3.21. The smallest absolute Gasteiger partial charge is 0.324 e. The molecule has 0 atom stereocenters. The van der Waals surface area contributed by atoms with Crippen LogP contribution >= 0.6 is 0 Å². The van der Waals surface area contributed by atoms with Gasteiger partial charge in [0.15, 0.2) is 0 Å². The van der Waals surface area contributed by atoms with Gasteiger partial charge in [-0.2, -0.15) is 28.1 Å². The fourth-order valence-corrected chi connectivity index (χ4v) is 3.21. The maximum absolute atomic E-state index is 13.4. The second-order valence-corrected chi connectivity index (χ2v) is 7.46. The zero-order chi connectivity index (χ0) is 23.4. The van der Waals surface area contributed by atoms with Crippen LogP contribution in [0.3, 0.4) is 0 Å². The van der Waals surface area contributed by atoms with Gasteiger partial charge in [-0.3, -0.25) is 0 Å². The highest BCUT2D eigenvalue weighted by Crippen LogP contribution is 2.35. The molecule has 0 aliphatic rings. The zero-order valence-electron chi connectivity index (χ0n) is 17.9. The number of alkyl halides is 3. The number of benzene rings is 3. The predicted octanol–water partition coefficient (Wildman–Crippen LogP) is 6.74. The van der Waals surface area contributed by atoms with Crippen molar-refractivity contribution in [3.05, 3.63) is 89.5 Å². The first-order valence-electron chi connectivity index (χ1n) is 10.1. The van der Waals surface area contributed by atoms with E-state index in [4.69, 9.17) is 0 Å². The number of hydrogen-bond donors (Lipinski definition) is 3. The molecule has 0 fully saturated rings. The van der Waals surface area contributed by atoms with Gasteiger partial charge in [0, 0.05) is 11.4 Å². The van der Waals surface area contributed by atoms with E-state index in [1.165, 1.54) is 18.2 Å². The van der Waals surface area contributed by atoms with E-state index >= 15 is 0 Å². The number of aromatic nitrogens is 3. The van der Waals surface area contributed by atoms with Crippen LogP contribution in [-0.4, -0.2) is 15.0 Å². The Bertz CT molecular complexity index is 1210. The summed E-state index contributed by atoms with van der Waals surface area (Å²) >= 11 is 0. The molecule has 3 aromatic carbocycles. The molecule has 0 aliphatic carbocycles. The molecule has 1 aromatic heterocycles. The average molecular weight is 450 g/mol. The van der Waals surface area contributed by atoms with Gasteiger partial charge in [-0.15, -0.1) is 0 Å². The third-order valence-corrected chi connectivity index (χ3v) is 4.66. The van der Waals surface area contributed by atoms with Gasteiger partial charge in [0.2, 0.25) is 17.8 Å². The minimum absolute atomic E-state index is 0.0352. The van der Waals surface area contributed by atoms with Crippen molar-refractivity contribution in [2.45, 2.75) is 20.0 Å². The molecule has 0 radical (unpaired) electrons. The van der Waals surface area contributed by atoms with Gasteiger partial charge in [-0.1, -0.05) is 36.4 Å². The molecule has 168 valence electrons. The first kappa shape index (κ1) is 22.1. The van der Waals surface area contributed by atoms with Gasteiger partial charge in [0.1, 0.15) is 0 Å². The van der Waals surface area contributed by atoms with Crippen molar-refractivity contribution in [3.8, 4) is 0 Å². The minimum atomic E-state index is -4.53. The van der Waals surface area contributed by atoms with E-state index in [2.05, 4.69) is 30.9 Å². The molecule has 0 bridgehead atoms. The van der Waals surface area contributed by atoms with Crippen LogP contribution in [0.25, 0.3) is 0 Å². The highest BCUT2D eigenvalue weighted by atomic mass is 19.4. The van der Waals surface area contributed by atoms with Crippen molar-refractivity contribution in [3.63, 3.8) is 0 Å². The molecule has 6 nitrogen and oxygen atoms in total. The molecular formula is C24H21F3N6. The number of rotatable bonds is 6. The molecule has 0 saturated heterocycles. The highest BCUT2D eigenvalue weighted by molar-refractivity contribution is 5.64. The van der Waals surface area contributed by atoms with E-state index in [1.54, 1.807) is 0 Å². The largest absolute Gasteiger partial charge is 0.418 e. The van der Waals surface area contributed by atoms with Gasteiger partial charge >= 0.3 is 6.18 Å². The number of anilines is 6. The van der Waals surface area contributed by atoms with Crippen LogP contribution in [0.4, 0.5) is 48.1 Å². The number of para-hydroxylation sites is 1. The summed E-state index contributed by atoms with van der Waals surface area (Å²) < 4.78 is 40.3. The maximum Gasteiger partial charge on any atom is 0.418 e. The molecule has 0 aliphatic heterocycles. The van der Waals surface area contributed by atoms with Crippen LogP contribution < -0.4 is 16.0 Å². The number of aryl methyl sites for hydroxylation is 2. The van der Waals surface area contributed by atoms with Gasteiger partial charge in [-0.25, -0.2) is 0 Å². The van der Waals surface area contributed by atoms with Crippen LogP contribution in [0.2, 0.25) is 0 Å². The number of nitrogens with zero attached hydrogens (tertiary/aromatic N) is 3. The van der Waals surface area contributed by atoms with E-state index in [-0.39, 0.29) is 23.5 Å². The lowest BCUT2D eigenvalue weighted by atomic mass is 10.1. The molecule has 33 heavy (non-hydrogen) atoms. The van der Waals surface area contributed by atoms with Crippen molar-refractivity contribution >= 4 is 34.9 Å². The zero-order valence-corrected chi connectivity index (χ0v) is 17.9. The molecule has 4 aromatic rings. The van der Waals surface area contributed by atoms with Crippen molar-refractivity contribution in [2.24, 2.45) is 0 Å². The Labute approximate surface area is 189 Å². The normalized spacial score (nSPS) is 11.2. The molecule has 4 rings (SSSR count). The molecule has 1 heterocycles. The summed E-state index contributed by atoms with van der Waals surface area (Å²) in [6.07, 6.45) is -4.53. The monoisotopic (exact) mass is 450 g/mol. The molecule has 0 spiro atoms. The van der Waals surface area contributed by atoms with Gasteiger partial charge < -0.3 is 16.0 Å². The summed E-state index contributed by atoms with van der Waals surface area (Å²) in [4.78, 5) is 13.0. The van der Waals surface area contributed by atoms with Crippen LogP contribution in [0.15, 0.2) is 72.8 Å². The first-order valence-corrected chi connectivity index (χ1v) is 10.1. The van der Waals surface area contributed by atoms with Crippen molar-refractivity contribution in [1.82, 2.24) is 15.0 Å². The summed E-state index contributed by atoms with van der Waals surface area (Å²) in [7, 11) is 0. The van der Waals surface area contributed by atoms with E-state index in [0.29, 0.717) is 0 Å². The van der Waals surface area contributed by atoms with Gasteiger partial charge in [0.05, 0.1) is 11.3 Å². The Morgan fingerprint density at radius 2 is 1.09 bits per heavy atom. The Morgan fingerprint density at radius 3 is 1.58 bits per heavy atom. The standard InChI is InChI=1S/C24H21F3N6/c1-15-7-5-9-17(13-15)28-21-31-22(29-18-10-6-8-16(2)14-18)33-23(32-21)30-20-12-4-3-11-19(20)24(25,26)27/h3-14H,1-2H3,(H3,28,29,30,31,32,33). The summed E-state index contributed by atoms with van der Waals surface area (Å²) in [5.74, 6) is 0.322. The predicted molar refractivity (Wildman–Crippen MR) is 123 cm³/mol. The molecule has 0 saturated carbocycles. The van der Waals surface area contributed by atoms with Gasteiger partial charge in [-0.05, 0) is 61.4 Å². The topological polar surface area (TPSA) is 74.8 Å². The second kappa shape index (κ2) is 9.15. The SMILES string of the molecule is Cc1cccc(Nc2nc(Nc3cccc(C)c3)nc(Nc3ccccc3C(F)(F)F)n2)c1. The molecule has 0 amide bonds. The minimum Gasteiger partial charge on any atom is -0.324 e. The van der Waals surface area contributed by atoms with Crippen LogP contribution in [0, 0.1) is 13.8 Å². The summed E-state index contributed by atoms with van der Waals surface area (Å²) in [6, 6.07) is 20.3. The lowest BCUT2D eigenvalue weighted by Gasteiger charge is -2.15. The molecule has 9 heteroatoms. The lowest BCUT2D eigenvalue weighted by Crippen LogP contribution is -2.11. The van der Waals surface area contributed by atoms with Gasteiger partial charge in [0.25, 0.3) is 0 Å². The van der Waals surface area contributed by atoms with Crippen LogP contribution in [-0.2, 0) is 6.18 Å². The number of hydrogen-bond acceptors (Lipinski definition) is 6. The fraction of sp³-hybridized carbons (Fsp3) is 0.125. The molecule has 3 N–H and O–H groups in total. The van der Waals surface area contributed by atoms with E-state index in [0.717, 1.165) is 28.6 Å². The van der Waals surface area contributed by atoms with Crippen molar-refractivity contribution < 1.29 is 13.2 Å². The Hall–Kier alpha value is -4.14. The first-order chi connectivity index (χ1) is 15.8. The van der Waals surface area contributed by atoms with Crippen molar-refractivity contribution in [2.75, 3.05) is 16.0 Å². The van der Waals surface area contributed by atoms with Crippen LogP contribution in [0.5, 0.6) is 0 Å². The van der Waals surface area contributed by atoms with E-state index in [1.807, 2.05) is 62.4 Å². The number of halogens is 3. The Balaban J connectivity index is 1.71. The van der Waals surface area contributed by atoms with E-state index < -0.39 is 11.7 Å². The third-order valence-electron chi connectivity index (χ3n) is 4.66. The van der Waals surface area contributed by atoms with Crippen molar-refractivity contribution in [1.29, 1.82) is 0 Å². The van der Waals surface area contributed by atoms with Crippen LogP contribution in [0.1, 0.15) is 16.7 Å². The Kier molecular flexibility index (Phi) is 6.12. The quantitative estimate of drug-likeness (QED) is 0.302. The number of nitrogens with one attached hydrogen (secondary N) is 3. The lowest BCUT2D eigenvalue weighted by molar-refractivity contribution is -0.136. The second-order valence-electron chi connectivity index (χ2n) is 7.46. The maximum atomic E-state index is 13.4. The molecular weight excluding hydrogens is 429 g/mol. The summed E-state index contributed by atoms with van der Waals surface area (Å²) in [5, 5.41) is 8.87. The molecule has 0 unspecified atom stereocenters. The summed E-state index contributed by atoms with van der Waals surface area (Å²) in [6.45, 7) is 3.90. The summed E-state index contributed by atoms with van der Waals surface area (Å²) in [5.41, 5.74) is 2.58. The van der Waals surface area contributed by atoms with E-state index in [9.17, 15) is 13.2 Å².